The van der Waals surface area contributed by atoms with E-state index in [1.54, 1.807) is 0 Å². The minimum Gasteiger partial charge on any atom is -0.357 e. The minimum absolute atomic E-state index is 0. The second-order valence-corrected chi connectivity index (χ2v) is 6.35. The van der Waals surface area contributed by atoms with E-state index in [1.807, 2.05) is 19.1 Å². The van der Waals surface area contributed by atoms with Gasteiger partial charge in [0, 0.05) is 25.6 Å². The Morgan fingerprint density at radius 1 is 1.20 bits per heavy atom. The molecule has 1 amide bonds. The average Bonchev–Trinajstić information content (AvgIpc) is 3.06. The Morgan fingerprint density at radius 2 is 1.92 bits per heavy atom. The monoisotopic (exact) mass is 458 g/mol. The van der Waals surface area contributed by atoms with Gasteiger partial charge in [-0.1, -0.05) is 37.1 Å². The zero-order valence-corrected chi connectivity index (χ0v) is 17.6. The van der Waals surface area contributed by atoms with Gasteiger partial charge in [0.1, 0.15) is 0 Å². The van der Waals surface area contributed by atoms with E-state index >= 15 is 0 Å². The number of halogens is 1. The maximum absolute atomic E-state index is 12.0. The summed E-state index contributed by atoms with van der Waals surface area (Å²) in [4.78, 5) is 16.6. The molecule has 0 aromatic heterocycles. The molecular formula is C19H31IN4O. The minimum atomic E-state index is 0. The van der Waals surface area contributed by atoms with Crippen molar-refractivity contribution in [1.82, 2.24) is 16.0 Å². The van der Waals surface area contributed by atoms with Crippen LogP contribution in [0.1, 0.15) is 50.2 Å². The smallest absolute Gasteiger partial charge is 0.221 e. The van der Waals surface area contributed by atoms with Gasteiger partial charge < -0.3 is 16.0 Å². The summed E-state index contributed by atoms with van der Waals surface area (Å²) in [5.41, 5.74) is 2.46. The highest BCUT2D eigenvalue weighted by Crippen LogP contribution is 2.17. The van der Waals surface area contributed by atoms with E-state index in [0.717, 1.165) is 25.3 Å². The predicted octanol–water partition coefficient (Wildman–Crippen LogP) is 3.12. The maximum Gasteiger partial charge on any atom is 0.221 e. The van der Waals surface area contributed by atoms with Crippen molar-refractivity contribution in [1.29, 1.82) is 0 Å². The lowest BCUT2D eigenvalue weighted by Crippen LogP contribution is -2.40. The molecule has 0 bridgehead atoms. The number of hydrogen-bond donors (Lipinski definition) is 3. The first-order valence-electron chi connectivity index (χ1n) is 9.05. The summed E-state index contributed by atoms with van der Waals surface area (Å²) < 4.78 is 0. The maximum atomic E-state index is 12.0. The molecule has 0 spiro atoms. The molecule has 3 N–H and O–H groups in total. The lowest BCUT2D eigenvalue weighted by atomic mass is 10.1. The van der Waals surface area contributed by atoms with E-state index in [4.69, 9.17) is 0 Å². The van der Waals surface area contributed by atoms with E-state index in [2.05, 4.69) is 40.0 Å². The third-order valence-corrected chi connectivity index (χ3v) is 4.38. The van der Waals surface area contributed by atoms with Crippen LogP contribution in [0.3, 0.4) is 0 Å². The quantitative estimate of drug-likeness (QED) is 0.334. The Kier molecular flexibility index (Phi) is 10.5. The van der Waals surface area contributed by atoms with E-state index in [0.29, 0.717) is 25.6 Å². The lowest BCUT2D eigenvalue weighted by Gasteiger charge is -2.14. The highest BCUT2D eigenvalue weighted by molar-refractivity contribution is 14.0. The Bertz CT molecular complexity index is 556. The number of aliphatic imine (C=N–C) groups is 1. The van der Waals surface area contributed by atoms with Gasteiger partial charge in [-0.25, -0.2) is 4.99 Å². The molecule has 1 aliphatic carbocycles. The molecule has 0 aliphatic heterocycles. The van der Waals surface area contributed by atoms with Crippen LogP contribution in [0.5, 0.6) is 0 Å². The number of hydrogen-bond acceptors (Lipinski definition) is 2. The van der Waals surface area contributed by atoms with E-state index in [-0.39, 0.29) is 29.9 Å². The van der Waals surface area contributed by atoms with Crippen molar-refractivity contribution >= 4 is 35.8 Å². The van der Waals surface area contributed by atoms with Crippen molar-refractivity contribution in [2.45, 2.75) is 58.5 Å². The molecule has 6 heteroatoms. The number of nitrogens with one attached hydrogen (secondary N) is 3. The molecule has 140 valence electrons. The number of carbonyl (C=O) groups excluding carboxylic acids is 1. The summed E-state index contributed by atoms with van der Waals surface area (Å²) in [6, 6.07) is 8.65. The van der Waals surface area contributed by atoms with Crippen molar-refractivity contribution in [2.24, 2.45) is 4.99 Å². The first kappa shape index (κ1) is 21.7. The molecule has 0 saturated heterocycles. The summed E-state index contributed by atoms with van der Waals surface area (Å²) in [5, 5.41) is 9.58. The van der Waals surface area contributed by atoms with Crippen molar-refractivity contribution in [3.05, 3.63) is 35.4 Å². The summed E-state index contributed by atoms with van der Waals surface area (Å²) in [6.07, 6.45) is 5.20. The molecule has 0 heterocycles. The van der Waals surface area contributed by atoms with Crippen LogP contribution in [0.25, 0.3) is 0 Å². The SMILES string of the molecule is CCNC(=NCc1ccccc1C)NCCC(=O)NC1CCCC1.I. The summed E-state index contributed by atoms with van der Waals surface area (Å²) in [6.45, 7) is 6.17. The van der Waals surface area contributed by atoms with Crippen LogP contribution in [-0.2, 0) is 11.3 Å². The van der Waals surface area contributed by atoms with Crippen LogP contribution in [0.4, 0.5) is 0 Å². The zero-order valence-electron chi connectivity index (χ0n) is 15.3. The molecule has 1 fully saturated rings. The van der Waals surface area contributed by atoms with Gasteiger partial charge in [-0.2, -0.15) is 0 Å². The van der Waals surface area contributed by atoms with Gasteiger partial charge in [0.15, 0.2) is 5.96 Å². The van der Waals surface area contributed by atoms with Crippen molar-refractivity contribution in [3.63, 3.8) is 0 Å². The second-order valence-electron chi connectivity index (χ2n) is 6.35. The van der Waals surface area contributed by atoms with Crippen LogP contribution in [-0.4, -0.2) is 31.0 Å². The molecular weight excluding hydrogens is 427 g/mol. The van der Waals surface area contributed by atoms with Crippen molar-refractivity contribution < 1.29 is 4.79 Å². The molecule has 0 radical (unpaired) electrons. The van der Waals surface area contributed by atoms with E-state index in [9.17, 15) is 4.79 Å². The molecule has 1 aliphatic rings. The fourth-order valence-electron chi connectivity index (χ4n) is 2.96. The molecule has 25 heavy (non-hydrogen) atoms. The normalized spacial score (nSPS) is 14.7. The fraction of sp³-hybridized carbons (Fsp3) is 0.579. The van der Waals surface area contributed by atoms with Crippen LogP contribution >= 0.6 is 24.0 Å². The molecule has 1 aromatic rings. The van der Waals surface area contributed by atoms with Gasteiger partial charge in [-0.15, -0.1) is 24.0 Å². The van der Waals surface area contributed by atoms with Crippen LogP contribution in [0.2, 0.25) is 0 Å². The first-order valence-corrected chi connectivity index (χ1v) is 9.05. The number of nitrogens with zero attached hydrogens (tertiary/aromatic N) is 1. The number of amides is 1. The molecule has 1 saturated carbocycles. The Morgan fingerprint density at radius 3 is 2.60 bits per heavy atom. The predicted molar refractivity (Wildman–Crippen MR) is 114 cm³/mol. The van der Waals surface area contributed by atoms with E-state index in [1.165, 1.54) is 24.0 Å². The highest BCUT2D eigenvalue weighted by Gasteiger charge is 2.16. The average molecular weight is 458 g/mol. The largest absolute Gasteiger partial charge is 0.357 e. The summed E-state index contributed by atoms with van der Waals surface area (Å²) in [7, 11) is 0. The Balaban J connectivity index is 0.00000312. The third-order valence-electron chi connectivity index (χ3n) is 4.38. The highest BCUT2D eigenvalue weighted by atomic mass is 127. The van der Waals surface area contributed by atoms with Crippen molar-refractivity contribution in [3.8, 4) is 0 Å². The van der Waals surface area contributed by atoms with Crippen LogP contribution in [0.15, 0.2) is 29.3 Å². The van der Waals surface area contributed by atoms with Crippen LogP contribution in [0, 0.1) is 6.92 Å². The molecule has 0 atom stereocenters. The van der Waals surface area contributed by atoms with Gasteiger partial charge in [0.2, 0.25) is 5.91 Å². The number of carbonyl (C=O) groups is 1. The Labute approximate surface area is 168 Å². The molecule has 2 rings (SSSR count). The lowest BCUT2D eigenvalue weighted by molar-refractivity contribution is -0.121. The van der Waals surface area contributed by atoms with Gasteiger partial charge in [-0.05, 0) is 37.8 Å². The number of guanidine groups is 1. The van der Waals surface area contributed by atoms with Crippen LogP contribution < -0.4 is 16.0 Å². The Hall–Kier alpha value is -1.31. The third kappa shape index (κ3) is 8.07. The van der Waals surface area contributed by atoms with Gasteiger partial charge >= 0.3 is 0 Å². The second kappa shape index (κ2) is 12.1. The number of rotatable bonds is 7. The molecule has 5 nitrogen and oxygen atoms in total. The van der Waals surface area contributed by atoms with Gasteiger partial charge in [0.25, 0.3) is 0 Å². The standard InChI is InChI=1S/C19H30N4O.HI/c1-3-20-19(22-14-16-9-5-4-8-15(16)2)21-13-12-18(24)23-17-10-6-7-11-17;/h4-5,8-9,17H,3,6-7,10-14H2,1-2H3,(H,23,24)(H2,20,21,22);1H. The topological polar surface area (TPSA) is 65.5 Å². The fourth-order valence-corrected chi connectivity index (χ4v) is 2.96. The molecule has 1 aromatic carbocycles. The number of aryl methyl sites for hydroxylation is 1. The van der Waals surface area contributed by atoms with Gasteiger partial charge in [0.05, 0.1) is 6.54 Å². The number of benzene rings is 1. The zero-order chi connectivity index (χ0) is 17.2. The molecule has 0 unspecified atom stereocenters. The summed E-state index contributed by atoms with van der Waals surface area (Å²) in [5.74, 6) is 0.888. The summed E-state index contributed by atoms with van der Waals surface area (Å²) >= 11 is 0. The van der Waals surface area contributed by atoms with Gasteiger partial charge in [-0.3, -0.25) is 4.79 Å². The van der Waals surface area contributed by atoms with Crippen molar-refractivity contribution in [2.75, 3.05) is 13.1 Å². The van der Waals surface area contributed by atoms with E-state index < -0.39 is 0 Å². The first-order chi connectivity index (χ1) is 11.7.